The molecule has 0 N–H and O–H groups in total. The zero-order valence-corrected chi connectivity index (χ0v) is 15.7. The number of hydrogen-bond acceptors (Lipinski definition) is 4. The first-order valence-electron chi connectivity index (χ1n) is 9.64. The van der Waals surface area contributed by atoms with Crippen molar-refractivity contribution < 1.29 is 9.18 Å². The third-order valence-electron chi connectivity index (χ3n) is 5.58. The highest BCUT2D eigenvalue weighted by Crippen LogP contribution is 2.26. The molecule has 0 saturated carbocycles. The summed E-state index contributed by atoms with van der Waals surface area (Å²) in [4.78, 5) is 26.2. The number of rotatable bonds is 3. The molecule has 0 bridgehead atoms. The van der Waals surface area contributed by atoms with E-state index in [9.17, 15) is 9.18 Å². The summed E-state index contributed by atoms with van der Waals surface area (Å²) in [5, 5.41) is 0. The summed E-state index contributed by atoms with van der Waals surface area (Å²) in [5.74, 6) is 0.668. The Bertz CT molecular complexity index is 841. The van der Waals surface area contributed by atoms with Crippen LogP contribution in [0.15, 0.2) is 30.5 Å². The fourth-order valence-corrected chi connectivity index (χ4v) is 4.00. The van der Waals surface area contributed by atoms with Crippen molar-refractivity contribution >= 4 is 5.91 Å². The van der Waals surface area contributed by atoms with Gasteiger partial charge in [0.1, 0.15) is 11.6 Å². The van der Waals surface area contributed by atoms with Gasteiger partial charge in [-0.2, -0.15) is 0 Å². The van der Waals surface area contributed by atoms with Gasteiger partial charge in [0.15, 0.2) is 0 Å². The van der Waals surface area contributed by atoms with E-state index in [0.717, 1.165) is 50.4 Å². The van der Waals surface area contributed by atoms with Gasteiger partial charge < -0.3 is 9.80 Å². The molecule has 1 aromatic carbocycles. The lowest BCUT2D eigenvalue weighted by Crippen LogP contribution is -2.40. The molecule has 6 heteroatoms. The molecular weight excluding hydrogens is 343 g/mol. The molecule has 2 aliphatic rings. The lowest BCUT2D eigenvalue weighted by atomic mass is 9.96. The predicted molar refractivity (Wildman–Crippen MR) is 101 cm³/mol. The van der Waals surface area contributed by atoms with Crippen molar-refractivity contribution in [2.24, 2.45) is 0 Å². The Morgan fingerprint density at radius 2 is 2.15 bits per heavy atom. The summed E-state index contributed by atoms with van der Waals surface area (Å²) >= 11 is 0. The number of aromatic nitrogens is 2. The van der Waals surface area contributed by atoms with Crippen LogP contribution in [-0.4, -0.2) is 52.4 Å². The molecule has 27 heavy (non-hydrogen) atoms. The second-order valence-electron chi connectivity index (χ2n) is 7.64. The van der Waals surface area contributed by atoms with Crippen molar-refractivity contribution in [3.05, 3.63) is 58.9 Å². The van der Waals surface area contributed by atoms with E-state index < -0.39 is 0 Å². The standard InChI is InChI=1S/C21H25FN4O/c1-25-10-8-19-17(13-25)12-23-21(24-19)16-6-4-9-26(14-16)20(27)11-15-5-2-3-7-18(15)22/h2-3,5,7,12,16H,4,6,8-11,13-14H2,1H3/t16-/m1/s1. The van der Waals surface area contributed by atoms with Gasteiger partial charge in [-0.05, 0) is 31.5 Å². The highest BCUT2D eigenvalue weighted by atomic mass is 19.1. The monoisotopic (exact) mass is 368 g/mol. The molecule has 3 heterocycles. The van der Waals surface area contributed by atoms with E-state index in [-0.39, 0.29) is 24.1 Å². The Morgan fingerprint density at radius 3 is 3.00 bits per heavy atom. The summed E-state index contributed by atoms with van der Waals surface area (Å²) < 4.78 is 13.9. The molecule has 5 nitrogen and oxygen atoms in total. The van der Waals surface area contributed by atoms with E-state index in [0.29, 0.717) is 12.1 Å². The van der Waals surface area contributed by atoms with Gasteiger partial charge in [0.25, 0.3) is 0 Å². The maximum Gasteiger partial charge on any atom is 0.227 e. The smallest absolute Gasteiger partial charge is 0.227 e. The van der Waals surface area contributed by atoms with Gasteiger partial charge in [-0.15, -0.1) is 0 Å². The Labute approximate surface area is 159 Å². The van der Waals surface area contributed by atoms with Crippen molar-refractivity contribution in [3.63, 3.8) is 0 Å². The summed E-state index contributed by atoms with van der Waals surface area (Å²) in [7, 11) is 2.11. The first kappa shape index (κ1) is 18.0. The van der Waals surface area contributed by atoms with Gasteiger partial charge in [0, 0.05) is 56.0 Å². The number of halogens is 1. The Morgan fingerprint density at radius 1 is 1.30 bits per heavy atom. The first-order chi connectivity index (χ1) is 13.1. The number of piperidine rings is 1. The number of likely N-dealkylation sites (N-methyl/N-ethyl adjacent to an activating group) is 1. The minimum Gasteiger partial charge on any atom is -0.342 e. The van der Waals surface area contributed by atoms with Crippen molar-refractivity contribution in [3.8, 4) is 0 Å². The molecule has 0 radical (unpaired) electrons. The molecule has 1 amide bonds. The van der Waals surface area contributed by atoms with E-state index in [2.05, 4.69) is 16.9 Å². The van der Waals surface area contributed by atoms with E-state index >= 15 is 0 Å². The molecule has 0 spiro atoms. The number of carbonyl (C=O) groups excluding carboxylic acids is 1. The van der Waals surface area contributed by atoms with Gasteiger partial charge in [-0.1, -0.05) is 18.2 Å². The van der Waals surface area contributed by atoms with Crippen LogP contribution < -0.4 is 0 Å². The number of nitrogens with zero attached hydrogens (tertiary/aromatic N) is 4. The van der Waals surface area contributed by atoms with E-state index in [4.69, 9.17) is 4.98 Å². The number of fused-ring (bicyclic) bond motifs is 1. The molecule has 4 rings (SSSR count). The number of likely N-dealkylation sites (tertiary alicyclic amines) is 1. The van der Waals surface area contributed by atoms with Crippen LogP contribution >= 0.6 is 0 Å². The third-order valence-corrected chi connectivity index (χ3v) is 5.58. The maximum absolute atomic E-state index is 13.9. The van der Waals surface area contributed by atoms with Crippen molar-refractivity contribution in [2.45, 2.75) is 38.1 Å². The quantitative estimate of drug-likeness (QED) is 0.836. The number of hydrogen-bond donors (Lipinski definition) is 0. The van der Waals surface area contributed by atoms with Gasteiger partial charge >= 0.3 is 0 Å². The maximum atomic E-state index is 13.9. The van der Waals surface area contributed by atoms with Crippen LogP contribution in [0.25, 0.3) is 0 Å². The molecule has 2 aromatic rings. The average molecular weight is 368 g/mol. The summed E-state index contributed by atoms with van der Waals surface area (Å²) in [6, 6.07) is 6.49. The van der Waals surface area contributed by atoms with E-state index in [1.165, 1.54) is 11.6 Å². The van der Waals surface area contributed by atoms with Crippen LogP contribution in [0.5, 0.6) is 0 Å². The van der Waals surface area contributed by atoms with E-state index in [1.807, 2.05) is 11.1 Å². The fourth-order valence-electron chi connectivity index (χ4n) is 4.00. The van der Waals surface area contributed by atoms with Gasteiger partial charge in [0.2, 0.25) is 5.91 Å². The van der Waals surface area contributed by atoms with Gasteiger partial charge in [-0.25, -0.2) is 14.4 Å². The molecule has 1 fully saturated rings. The first-order valence-corrected chi connectivity index (χ1v) is 9.64. The van der Waals surface area contributed by atoms with Gasteiger partial charge in [0.05, 0.1) is 6.42 Å². The molecule has 0 aliphatic carbocycles. The second-order valence-corrected chi connectivity index (χ2v) is 7.64. The van der Waals surface area contributed by atoms with Crippen LogP contribution in [0, 0.1) is 5.82 Å². The topological polar surface area (TPSA) is 49.3 Å². The summed E-state index contributed by atoms with van der Waals surface area (Å²) in [6.45, 7) is 3.25. The highest BCUT2D eigenvalue weighted by Gasteiger charge is 2.28. The normalized spacial score (nSPS) is 20.4. The highest BCUT2D eigenvalue weighted by molar-refractivity contribution is 5.79. The van der Waals surface area contributed by atoms with Crippen LogP contribution in [0.1, 0.15) is 41.4 Å². The molecule has 142 valence electrons. The molecule has 0 unspecified atom stereocenters. The Balaban J connectivity index is 1.45. The van der Waals surface area contributed by atoms with Crippen molar-refractivity contribution in [1.82, 2.24) is 19.8 Å². The zero-order chi connectivity index (χ0) is 18.8. The zero-order valence-electron chi connectivity index (χ0n) is 15.7. The minimum atomic E-state index is -0.317. The molecule has 1 aromatic heterocycles. The van der Waals surface area contributed by atoms with E-state index in [1.54, 1.807) is 18.2 Å². The number of carbonyl (C=O) groups is 1. The van der Waals surface area contributed by atoms with Crippen molar-refractivity contribution in [2.75, 3.05) is 26.7 Å². The molecular formula is C21H25FN4O. The van der Waals surface area contributed by atoms with Crippen LogP contribution in [0.3, 0.4) is 0 Å². The Hall–Kier alpha value is -2.34. The molecule has 1 atom stereocenters. The predicted octanol–water partition coefficient (Wildman–Crippen LogP) is 2.55. The SMILES string of the molecule is CN1CCc2nc([C@@H]3CCCN(C(=O)Cc4ccccc4F)C3)ncc2C1. The Kier molecular flexibility index (Phi) is 5.16. The van der Waals surface area contributed by atoms with Crippen LogP contribution in [0.2, 0.25) is 0 Å². The summed E-state index contributed by atoms with van der Waals surface area (Å²) in [6.07, 6.45) is 4.92. The molecule has 2 aliphatic heterocycles. The molecule has 1 saturated heterocycles. The van der Waals surface area contributed by atoms with Crippen LogP contribution in [-0.2, 0) is 24.2 Å². The van der Waals surface area contributed by atoms with Crippen molar-refractivity contribution in [1.29, 1.82) is 0 Å². The van der Waals surface area contributed by atoms with Gasteiger partial charge in [-0.3, -0.25) is 4.79 Å². The third kappa shape index (κ3) is 4.00. The fraction of sp³-hybridized carbons (Fsp3) is 0.476. The van der Waals surface area contributed by atoms with Crippen LogP contribution in [0.4, 0.5) is 4.39 Å². The number of benzene rings is 1. The largest absolute Gasteiger partial charge is 0.342 e. The lowest BCUT2D eigenvalue weighted by molar-refractivity contribution is -0.131. The minimum absolute atomic E-state index is 0.0237. The summed E-state index contributed by atoms with van der Waals surface area (Å²) in [5.41, 5.74) is 2.81. The second kappa shape index (κ2) is 7.72. The average Bonchev–Trinajstić information content (AvgIpc) is 2.69. The number of amides is 1. The lowest BCUT2D eigenvalue weighted by Gasteiger charge is -2.33.